The van der Waals surface area contributed by atoms with Crippen LogP contribution >= 0.6 is 0 Å². The number of nitrogens with zero attached hydrogens (tertiary/aromatic N) is 1. The fourth-order valence-electron chi connectivity index (χ4n) is 4.06. The van der Waals surface area contributed by atoms with Crippen LogP contribution in [0.1, 0.15) is 15.9 Å². The number of hydrogen-bond donors (Lipinski definition) is 2. The van der Waals surface area contributed by atoms with Crippen molar-refractivity contribution in [2.24, 2.45) is 0 Å². The lowest BCUT2D eigenvalue weighted by Crippen LogP contribution is -3.13. The zero-order valence-corrected chi connectivity index (χ0v) is 15.9. The maximum atomic E-state index is 12.8. The van der Waals surface area contributed by atoms with E-state index in [-0.39, 0.29) is 6.79 Å². The standard InChI is InChI=1S/C22H21N3O4/c26-21(17-12-23-18-4-2-1-3-16(17)18)22(27)25-9-7-24(8-10-25)13-15-5-6-19-20(11-15)29-14-28-19/h1-6,11-12,23H,7-10,13-14H2/p+1. The van der Waals surface area contributed by atoms with Gasteiger partial charge in [-0.2, -0.15) is 0 Å². The molecule has 5 rings (SSSR count). The summed E-state index contributed by atoms with van der Waals surface area (Å²) in [5.74, 6) is 0.716. The maximum Gasteiger partial charge on any atom is 0.295 e. The Morgan fingerprint density at radius 1 is 1.03 bits per heavy atom. The van der Waals surface area contributed by atoms with Crippen molar-refractivity contribution in [3.8, 4) is 11.5 Å². The van der Waals surface area contributed by atoms with Gasteiger partial charge in [0.2, 0.25) is 6.79 Å². The summed E-state index contributed by atoms with van der Waals surface area (Å²) in [6.45, 7) is 3.90. The van der Waals surface area contributed by atoms with E-state index in [1.54, 1.807) is 11.1 Å². The molecule has 7 heteroatoms. The van der Waals surface area contributed by atoms with Crippen LogP contribution in [0.25, 0.3) is 10.9 Å². The Hall–Kier alpha value is -3.32. The lowest BCUT2D eigenvalue weighted by Gasteiger charge is -2.31. The van der Waals surface area contributed by atoms with Gasteiger partial charge in [0, 0.05) is 22.7 Å². The number of para-hydroxylation sites is 1. The molecule has 1 aromatic heterocycles. The summed E-state index contributed by atoms with van der Waals surface area (Å²) in [7, 11) is 0. The molecule has 3 heterocycles. The summed E-state index contributed by atoms with van der Waals surface area (Å²) >= 11 is 0. The lowest BCUT2D eigenvalue weighted by molar-refractivity contribution is -0.917. The van der Waals surface area contributed by atoms with E-state index in [1.807, 2.05) is 36.4 Å². The van der Waals surface area contributed by atoms with Gasteiger partial charge in [0.25, 0.3) is 11.7 Å². The average molecular weight is 392 g/mol. The summed E-state index contributed by atoms with van der Waals surface area (Å²) in [5, 5.41) is 0.790. The normalized spacial score (nSPS) is 16.3. The van der Waals surface area contributed by atoms with Gasteiger partial charge >= 0.3 is 0 Å². The number of ketones is 1. The predicted molar refractivity (Wildman–Crippen MR) is 106 cm³/mol. The minimum atomic E-state index is -0.443. The molecule has 0 bridgehead atoms. The van der Waals surface area contributed by atoms with Crippen LogP contribution in [0.4, 0.5) is 0 Å². The number of aromatic amines is 1. The average Bonchev–Trinajstić information content (AvgIpc) is 3.40. The third-order valence-electron chi connectivity index (χ3n) is 5.68. The maximum absolute atomic E-state index is 12.8. The number of quaternary nitrogens is 1. The van der Waals surface area contributed by atoms with Crippen LogP contribution in [0.15, 0.2) is 48.7 Å². The topological polar surface area (TPSA) is 76.1 Å². The smallest absolute Gasteiger partial charge is 0.295 e. The number of nitrogens with one attached hydrogen (secondary N) is 2. The third kappa shape index (κ3) is 3.34. The molecule has 2 aromatic carbocycles. The van der Waals surface area contributed by atoms with Crippen LogP contribution in [-0.2, 0) is 11.3 Å². The summed E-state index contributed by atoms with van der Waals surface area (Å²) in [4.78, 5) is 31.6. The van der Waals surface area contributed by atoms with Gasteiger partial charge in [-0.1, -0.05) is 18.2 Å². The Labute approximate surface area is 167 Å². The van der Waals surface area contributed by atoms with Crippen molar-refractivity contribution in [1.82, 2.24) is 9.88 Å². The zero-order valence-electron chi connectivity index (χ0n) is 15.9. The molecule has 29 heavy (non-hydrogen) atoms. The van der Waals surface area contributed by atoms with Crippen LogP contribution in [0.5, 0.6) is 11.5 Å². The number of fused-ring (bicyclic) bond motifs is 2. The van der Waals surface area contributed by atoms with Gasteiger partial charge in [0.15, 0.2) is 11.5 Å². The number of rotatable bonds is 4. The molecular weight excluding hydrogens is 370 g/mol. The second kappa shape index (κ2) is 7.25. The summed E-state index contributed by atoms with van der Waals surface area (Å²) in [6, 6.07) is 13.5. The van der Waals surface area contributed by atoms with Gasteiger partial charge in [0.1, 0.15) is 6.54 Å². The number of carbonyl (C=O) groups excluding carboxylic acids is 2. The molecule has 1 saturated heterocycles. The third-order valence-corrected chi connectivity index (χ3v) is 5.68. The van der Waals surface area contributed by atoms with Crippen molar-refractivity contribution < 1.29 is 24.0 Å². The fourth-order valence-corrected chi connectivity index (χ4v) is 4.06. The molecule has 0 atom stereocenters. The monoisotopic (exact) mass is 392 g/mol. The quantitative estimate of drug-likeness (QED) is 0.513. The molecule has 2 aliphatic heterocycles. The molecule has 2 aliphatic rings. The number of benzene rings is 2. The molecule has 0 radical (unpaired) electrons. The Balaban J connectivity index is 1.21. The highest BCUT2D eigenvalue weighted by Gasteiger charge is 2.30. The number of H-pyrrole nitrogens is 1. The SMILES string of the molecule is O=C(C(=O)N1CC[NH+](Cc2ccc3c(c2)OCO3)CC1)c1c[nH]c2ccccc12. The van der Waals surface area contributed by atoms with E-state index in [0.29, 0.717) is 18.7 Å². The van der Waals surface area contributed by atoms with Crippen LogP contribution in [-0.4, -0.2) is 54.5 Å². The highest BCUT2D eigenvalue weighted by atomic mass is 16.7. The van der Waals surface area contributed by atoms with Crippen LogP contribution in [0.3, 0.4) is 0 Å². The van der Waals surface area contributed by atoms with Gasteiger partial charge < -0.3 is 24.3 Å². The van der Waals surface area contributed by atoms with E-state index in [9.17, 15) is 9.59 Å². The Morgan fingerprint density at radius 3 is 2.69 bits per heavy atom. The van der Waals surface area contributed by atoms with Crippen molar-refractivity contribution in [2.75, 3.05) is 33.0 Å². The van der Waals surface area contributed by atoms with Gasteiger partial charge in [-0.05, 0) is 24.3 Å². The first-order chi connectivity index (χ1) is 14.2. The second-order valence-corrected chi connectivity index (χ2v) is 7.48. The summed E-state index contributed by atoms with van der Waals surface area (Å²) in [5.41, 5.74) is 2.49. The number of carbonyl (C=O) groups is 2. The van der Waals surface area contributed by atoms with Gasteiger partial charge in [-0.15, -0.1) is 0 Å². The molecule has 7 nitrogen and oxygen atoms in total. The molecular formula is C22H22N3O4+. The van der Waals surface area contributed by atoms with Crippen molar-refractivity contribution in [1.29, 1.82) is 0 Å². The first kappa shape index (κ1) is 17.8. The number of hydrogen-bond acceptors (Lipinski definition) is 4. The number of aromatic nitrogens is 1. The fraction of sp³-hybridized carbons (Fsp3) is 0.273. The Bertz CT molecular complexity index is 1080. The molecule has 0 saturated carbocycles. The van der Waals surface area contributed by atoms with Crippen molar-refractivity contribution in [3.63, 3.8) is 0 Å². The molecule has 0 spiro atoms. The second-order valence-electron chi connectivity index (χ2n) is 7.48. The largest absolute Gasteiger partial charge is 0.454 e. The van der Waals surface area contributed by atoms with E-state index in [4.69, 9.17) is 9.47 Å². The number of Topliss-reactive ketones (excluding diaryl/α,β-unsaturated/α-hetero) is 1. The Morgan fingerprint density at radius 2 is 1.83 bits per heavy atom. The summed E-state index contributed by atoms with van der Waals surface area (Å²) < 4.78 is 10.8. The number of piperazine rings is 1. The van der Waals surface area contributed by atoms with Crippen LogP contribution in [0.2, 0.25) is 0 Å². The minimum absolute atomic E-state index is 0.275. The predicted octanol–water partition coefficient (Wildman–Crippen LogP) is 1.01. The molecule has 3 aromatic rings. The molecule has 0 unspecified atom stereocenters. The number of ether oxygens (including phenoxy) is 2. The molecule has 1 fully saturated rings. The number of amides is 1. The van der Waals surface area contributed by atoms with E-state index in [2.05, 4.69) is 11.1 Å². The van der Waals surface area contributed by atoms with E-state index in [0.717, 1.165) is 42.0 Å². The van der Waals surface area contributed by atoms with Crippen molar-refractivity contribution in [3.05, 3.63) is 59.8 Å². The molecule has 1 amide bonds. The molecule has 2 N–H and O–H groups in total. The lowest BCUT2D eigenvalue weighted by atomic mass is 10.1. The van der Waals surface area contributed by atoms with E-state index < -0.39 is 11.7 Å². The first-order valence-electron chi connectivity index (χ1n) is 9.81. The van der Waals surface area contributed by atoms with Gasteiger partial charge in [-0.3, -0.25) is 9.59 Å². The summed E-state index contributed by atoms with van der Waals surface area (Å²) in [6.07, 6.45) is 1.63. The minimum Gasteiger partial charge on any atom is -0.454 e. The van der Waals surface area contributed by atoms with Crippen LogP contribution < -0.4 is 14.4 Å². The molecule has 148 valence electrons. The van der Waals surface area contributed by atoms with Crippen molar-refractivity contribution in [2.45, 2.75) is 6.54 Å². The van der Waals surface area contributed by atoms with Gasteiger partial charge in [-0.25, -0.2) is 0 Å². The van der Waals surface area contributed by atoms with E-state index >= 15 is 0 Å². The highest BCUT2D eigenvalue weighted by molar-refractivity contribution is 6.44. The molecule has 0 aliphatic carbocycles. The van der Waals surface area contributed by atoms with Gasteiger partial charge in [0.05, 0.1) is 31.7 Å². The van der Waals surface area contributed by atoms with Crippen LogP contribution in [0, 0.1) is 0 Å². The Kier molecular flexibility index (Phi) is 4.44. The highest BCUT2D eigenvalue weighted by Crippen LogP contribution is 2.32. The van der Waals surface area contributed by atoms with E-state index in [1.165, 1.54) is 10.5 Å². The first-order valence-corrected chi connectivity index (χ1v) is 9.81. The van der Waals surface area contributed by atoms with Crippen molar-refractivity contribution >= 4 is 22.6 Å². The zero-order chi connectivity index (χ0) is 19.8.